The third-order valence-corrected chi connectivity index (χ3v) is 2.65. The molecule has 0 amide bonds. The Kier molecular flexibility index (Phi) is 6.50. The van der Waals surface area contributed by atoms with Crippen LogP contribution in [0.5, 0.6) is 5.75 Å². The van der Waals surface area contributed by atoms with Crippen LogP contribution in [0.2, 0.25) is 0 Å². The van der Waals surface area contributed by atoms with Gasteiger partial charge in [-0.2, -0.15) is 5.26 Å². The van der Waals surface area contributed by atoms with Crippen LogP contribution in [0.3, 0.4) is 0 Å². The average Bonchev–Trinajstić information content (AvgIpc) is 2.49. The SMILES string of the molecule is COC(=O)C(C)NCC(O)COc1ccccc1C#N. The predicted octanol–water partition coefficient (Wildman–Crippen LogP) is 0.449. The molecular weight excluding hydrogens is 260 g/mol. The third-order valence-electron chi connectivity index (χ3n) is 2.65. The zero-order chi connectivity index (χ0) is 15.0. The fourth-order valence-electron chi connectivity index (χ4n) is 1.50. The molecule has 2 atom stereocenters. The van der Waals surface area contributed by atoms with Crippen molar-refractivity contribution in [3.05, 3.63) is 29.8 Å². The number of nitrogens with zero attached hydrogens (tertiary/aromatic N) is 1. The number of nitriles is 1. The first-order valence-corrected chi connectivity index (χ1v) is 6.19. The van der Waals surface area contributed by atoms with Crippen molar-refractivity contribution in [3.63, 3.8) is 0 Å². The molecule has 0 aliphatic carbocycles. The van der Waals surface area contributed by atoms with Gasteiger partial charge in [0.2, 0.25) is 0 Å². The molecule has 0 fully saturated rings. The lowest BCUT2D eigenvalue weighted by Gasteiger charge is -2.16. The molecule has 1 aromatic rings. The second-order valence-electron chi connectivity index (χ2n) is 4.23. The first-order chi connectivity index (χ1) is 9.58. The van der Waals surface area contributed by atoms with Gasteiger partial charge in [0.15, 0.2) is 0 Å². The minimum Gasteiger partial charge on any atom is -0.489 e. The summed E-state index contributed by atoms with van der Waals surface area (Å²) in [7, 11) is 1.30. The maximum Gasteiger partial charge on any atom is 0.322 e. The summed E-state index contributed by atoms with van der Waals surface area (Å²) in [5.74, 6) is 0.0306. The van der Waals surface area contributed by atoms with Crippen molar-refractivity contribution >= 4 is 5.97 Å². The number of carbonyl (C=O) groups excluding carboxylic acids is 1. The van der Waals surface area contributed by atoms with Crippen molar-refractivity contribution in [3.8, 4) is 11.8 Å². The molecule has 0 saturated heterocycles. The van der Waals surface area contributed by atoms with Gasteiger partial charge in [0, 0.05) is 6.54 Å². The van der Waals surface area contributed by atoms with E-state index in [2.05, 4.69) is 10.1 Å². The highest BCUT2D eigenvalue weighted by atomic mass is 16.5. The molecule has 0 saturated carbocycles. The van der Waals surface area contributed by atoms with Gasteiger partial charge >= 0.3 is 5.97 Å². The summed E-state index contributed by atoms with van der Waals surface area (Å²) >= 11 is 0. The van der Waals surface area contributed by atoms with Crippen LogP contribution in [0, 0.1) is 11.3 Å². The number of carbonyl (C=O) groups is 1. The Morgan fingerprint density at radius 1 is 1.50 bits per heavy atom. The highest BCUT2D eigenvalue weighted by Crippen LogP contribution is 2.16. The van der Waals surface area contributed by atoms with Gasteiger partial charge < -0.3 is 19.9 Å². The van der Waals surface area contributed by atoms with Crippen LogP contribution in [0.1, 0.15) is 12.5 Å². The van der Waals surface area contributed by atoms with Crippen LogP contribution < -0.4 is 10.1 Å². The highest BCUT2D eigenvalue weighted by Gasteiger charge is 2.14. The Morgan fingerprint density at radius 3 is 2.85 bits per heavy atom. The lowest BCUT2D eigenvalue weighted by atomic mass is 10.2. The van der Waals surface area contributed by atoms with E-state index in [1.54, 1.807) is 31.2 Å². The van der Waals surface area contributed by atoms with E-state index < -0.39 is 18.1 Å². The van der Waals surface area contributed by atoms with Crippen LogP contribution in [0.4, 0.5) is 0 Å². The Hall–Kier alpha value is -2.10. The number of aliphatic hydroxyl groups excluding tert-OH is 1. The van der Waals surface area contributed by atoms with Crippen molar-refractivity contribution in [1.29, 1.82) is 5.26 Å². The van der Waals surface area contributed by atoms with E-state index in [-0.39, 0.29) is 13.2 Å². The van der Waals surface area contributed by atoms with Crippen molar-refractivity contribution in [2.24, 2.45) is 0 Å². The number of hydrogen-bond donors (Lipinski definition) is 2. The maximum absolute atomic E-state index is 11.2. The van der Waals surface area contributed by atoms with Gasteiger partial charge in [-0.15, -0.1) is 0 Å². The molecule has 0 radical (unpaired) electrons. The van der Waals surface area contributed by atoms with E-state index in [0.29, 0.717) is 11.3 Å². The summed E-state index contributed by atoms with van der Waals surface area (Å²) in [6, 6.07) is 8.30. The zero-order valence-electron chi connectivity index (χ0n) is 11.5. The number of hydrogen-bond acceptors (Lipinski definition) is 6. The molecule has 0 heterocycles. The molecule has 20 heavy (non-hydrogen) atoms. The molecule has 0 spiro atoms. The largest absolute Gasteiger partial charge is 0.489 e. The van der Waals surface area contributed by atoms with E-state index in [1.165, 1.54) is 7.11 Å². The Bertz CT molecular complexity index is 484. The molecule has 2 unspecified atom stereocenters. The van der Waals surface area contributed by atoms with Gasteiger partial charge in [-0.25, -0.2) is 0 Å². The van der Waals surface area contributed by atoms with Crippen molar-refractivity contribution in [2.75, 3.05) is 20.3 Å². The van der Waals surface area contributed by atoms with Crippen LogP contribution in [-0.4, -0.2) is 43.5 Å². The molecule has 6 heteroatoms. The normalized spacial score (nSPS) is 13.1. The number of methoxy groups -OCH3 is 1. The predicted molar refractivity (Wildman–Crippen MR) is 72.1 cm³/mol. The molecular formula is C14H18N2O4. The number of ether oxygens (including phenoxy) is 2. The minimum atomic E-state index is -0.797. The van der Waals surface area contributed by atoms with Gasteiger partial charge in [0.25, 0.3) is 0 Å². The maximum atomic E-state index is 11.2. The Labute approximate surface area is 117 Å². The molecule has 0 aliphatic rings. The summed E-state index contributed by atoms with van der Waals surface area (Å²) < 4.78 is 9.93. The monoisotopic (exact) mass is 278 g/mol. The second-order valence-corrected chi connectivity index (χ2v) is 4.23. The molecule has 1 aromatic carbocycles. The third kappa shape index (κ3) is 4.88. The summed E-state index contributed by atoms with van der Waals surface area (Å²) in [6.07, 6.45) is -0.797. The number of esters is 1. The summed E-state index contributed by atoms with van der Waals surface area (Å²) in [6.45, 7) is 1.86. The highest BCUT2D eigenvalue weighted by molar-refractivity contribution is 5.75. The first kappa shape index (κ1) is 16.0. The van der Waals surface area contributed by atoms with Gasteiger partial charge in [-0.05, 0) is 19.1 Å². The number of rotatable bonds is 7. The van der Waals surface area contributed by atoms with Gasteiger partial charge in [-0.3, -0.25) is 4.79 Å². The summed E-state index contributed by atoms with van der Waals surface area (Å²) in [5.41, 5.74) is 0.413. The molecule has 0 aromatic heterocycles. The number of aliphatic hydroxyl groups is 1. The van der Waals surface area contributed by atoms with Crippen LogP contribution in [-0.2, 0) is 9.53 Å². The van der Waals surface area contributed by atoms with E-state index in [1.807, 2.05) is 6.07 Å². The smallest absolute Gasteiger partial charge is 0.322 e. The molecule has 1 rings (SSSR count). The minimum absolute atomic E-state index is 0.0274. The summed E-state index contributed by atoms with van der Waals surface area (Å²) in [4.78, 5) is 11.2. The van der Waals surface area contributed by atoms with Crippen LogP contribution in [0.15, 0.2) is 24.3 Å². The fraction of sp³-hybridized carbons (Fsp3) is 0.429. The fourth-order valence-corrected chi connectivity index (χ4v) is 1.50. The van der Waals surface area contributed by atoms with E-state index >= 15 is 0 Å². The van der Waals surface area contributed by atoms with Crippen LogP contribution in [0.25, 0.3) is 0 Å². The molecule has 108 valence electrons. The number of nitrogens with one attached hydrogen (secondary N) is 1. The lowest BCUT2D eigenvalue weighted by Crippen LogP contribution is -2.41. The standard InChI is InChI=1S/C14H18N2O4/c1-10(14(18)19-2)16-8-12(17)9-20-13-6-4-3-5-11(13)7-15/h3-6,10,12,16-17H,8-9H2,1-2H3. The molecule has 0 aliphatic heterocycles. The van der Waals surface area contributed by atoms with E-state index in [4.69, 9.17) is 10.00 Å². The van der Waals surface area contributed by atoms with Crippen molar-refractivity contribution in [1.82, 2.24) is 5.32 Å². The summed E-state index contributed by atoms with van der Waals surface area (Å²) in [5, 5.41) is 21.5. The average molecular weight is 278 g/mol. The zero-order valence-corrected chi connectivity index (χ0v) is 11.5. The van der Waals surface area contributed by atoms with Gasteiger partial charge in [0.1, 0.15) is 30.6 Å². The topological polar surface area (TPSA) is 91.6 Å². The molecule has 2 N–H and O–H groups in total. The molecule has 0 bridgehead atoms. The first-order valence-electron chi connectivity index (χ1n) is 6.19. The van der Waals surface area contributed by atoms with Gasteiger partial charge in [0.05, 0.1) is 12.7 Å². The Balaban J connectivity index is 2.38. The quantitative estimate of drug-likeness (QED) is 0.704. The lowest BCUT2D eigenvalue weighted by molar-refractivity contribution is -0.142. The van der Waals surface area contributed by atoms with Crippen molar-refractivity contribution < 1.29 is 19.4 Å². The Morgan fingerprint density at radius 2 is 2.20 bits per heavy atom. The van der Waals surface area contributed by atoms with Gasteiger partial charge in [-0.1, -0.05) is 12.1 Å². The molecule has 6 nitrogen and oxygen atoms in total. The second kappa shape index (κ2) is 8.15. The van der Waals surface area contributed by atoms with E-state index in [0.717, 1.165) is 0 Å². The van der Waals surface area contributed by atoms with E-state index in [9.17, 15) is 9.90 Å². The van der Waals surface area contributed by atoms with Crippen LogP contribution >= 0.6 is 0 Å². The number of para-hydroxylation sites is 1. The number of benzene rings is 1. The van der Waals surface area contributed by atoms with Crippen molar-refractivity contribution in [2.45, 2.75) is 19.1 Å².